The minimum atomic E-state index is -3.62. The van der Waals surface area contributed by atoms with Crippen LogP contribution in [0.4, 0.5) is 10.7 Å². The van der Waals surface area contributed by atoms with E-state index in [1.807, 2.05) is 30.5 Å². The summed E-state index contributed by atoms with van der Waals surface area (Å²) in [5, 5.41) is 1.57. The number of hydrogen-bond acceptors (Lipinski definition) is 5. The molecular formula is C18H14N4O2S2. The highest BCUT2D eigenvalue weighted by molar-refractivity contribution is 7.93. The Hall–Kier alpha value is -2.97. The van der Waals surface area contributed by atoms with Gasteiger partial charge in [-0.05, 0) is 30.3 Å². The lowest BCUT2D eigenvalue weighted by molar-refractivity contribution is 0.601. The molecule has 2 N–H and O–H groups in total. The summed E-state index contributed by atoms with van der Waals surface area (Å²) >= 11 is 1.23. The van der Waals surface area contributed by atoms with Crippen LogP contribution in [0.3, 0.4) is 0 Å². The van der Waals surface area contributed by atoms with Crippen LogP contribution in [0.25, 0.3) is 10.9 Å². The van der Waals surface area contributed by atoms with Crippen LogP contribution < -0.4 is 4.72 Å². The SMILES string of the molecule is O=S(=O)(Nc1cncs1)c1ccc(N=Cc2c[nH]c3ccccc23)cc1. The highest BCUT2D eigenvalue weighted by atomic mass is 32.2. The minimum Gasteiger partial charge on any atom is -0.361 e. The second-order valence-corrected chi connectivity index (χ2v) is 8.08. The molecule has 2 aromatic carbocycles. The largest absolute Gasteiger partial charge is 0.361 e. The number of sulfonamides is 1. The van der Waals surface area contributed by atoms with E-state index < -0.39 is 10.0 Å². The number of anilines is 1. The fourth-order valence-electron chi connectivity index (χ4n) is 2.51. The second kappa shape index (κ2) is 6.74. The van der Waals surface area contributed by atoms with Crippen molar-refractivity contribution >= 4 is 49.2 Å². The number of para-hydroxylation sites is 1. The van der Waals surface area contributed by atoms with E-state index in [0.29, 0.717) is 10.7 Å². The van der Waals surface area contributed by atoms with E-state index >= 15 is 0 Å². The summed E-state index contributed by atoms with van der Waals surface area (Å²) in [6, 6.07) is 14.4. The average molecular weight is 382 g/mol. The number of fused-ring (bicyclic) bond motifs is 1. The zero-order valence-corrected chi connectivity index (χ0v) is 15.1. The Morgan fingerprint density at radius 2 is 1.92 bits per heavy atom. The first kappa shape index (κ1) is 16.5. The maximum atomic E-state index is 12.3. The Morgan fingerprint density at radius 3 is 2.69 bits per heavy atom. The van der Waals surface area contributed by atoms with Gasteiger partial charge in [0.1, 0.15) is 5.00 Å². The van der Waals surface area contributed by atoms with Gasteiger partial charge in [0, 0.05) is 28.9 Å². The average Bonchev–Trinajstić information content (AvgIpc) is 3.30. The third-order valence-corrected chi connectivity index (χ3v) is 5.99. The Morgan fingerprint density at radius 1 is 1.12 bits per heavy atom. The molecule has 8 heteroatoms. The van der Waals surface area contributed by atoms with Crippen molar-refractivity contribution in [3.8, 4) is 0 Å². The lowest BCUT2D eigenvalue weighted by Crippen LogP contribution is -2.11. The summed E-state index contributed by atoms with van der Waals surface area (Å²) in [5.74, 6) is 0. The van der Waals surface area contributed by atoms with E-state index in [9.17, 15) is 8.42 Å². The fourth-order valence-corrected chi connectivity index (χ4v) is 4.32. The minimum absolute atomic E-state index is 0.178. The van der Waals surface area contributed by atoms with Crippen LogP contribution in [-0.2, 0) is 10.0 Å². The van der Waals surface area contributed by atoms with E-state index in [1.165, 1.54) is 29.7 Å². The molecule has 4 rings (SSSR count). The smallest absolute Gasteiger partial charge is 0.262 e. The van der Waals surface area contributed by atoms with Gasteiger partial charge in [-0.25, -0.2) is 8.42 Å². The lowest BCUT2D eigenvalue weighted by atomic mass is 10.2. The number of thiazole rings is 1. The summed E-state index contributed by atoms with van der Waals surface area (Å²) in [6.07, 6.45) is 5.13. The van der Waals surface area contributed by atoms with Crippen LogP contribution in [-0.4, -0.2) is 24.6 Å². The molecule has 2 aromatic heterocycles. The predicted molar refractivity (Wildman–Crippen MR) is 105 cm³/mol. The molecule has 0 spiro atoms. The maximum Gasteiger partial charge on any atom is 0.262 e. The van der Waals surface area contributed by atoms with E-state index in [0.717, 1.165) is 16.5 Å². The van der Waals surface area contributed by atoms with Crippen molar-refractivity contribution in [2.24, 2.45) is 4.99 Å². The zero-order chi connectivity index (χ0) is 18.0. The summed E-state index contributed by atoms with van der Waals surface area (Å²) in [7, 11) is -3.62. The highest BCUT2D eigenvalue weighted by Gasteiger charge is 2.14. The van der Waals surface area contributed by atoms with Gasteiger partial charge in [-0.2, -0.15) is 0 Å². The number of nitrogens with one attached hydrogen (secondary N) is 2. The van der Waals surface area contributed by atoms with E-state index in [-0.39, 0.29) is 4.90 Å². The quantitative estimate of drug-likeness (QED) is 0.508. The normalized spacial score (nSPS) is 12.0. The van der Waals surface area contributed by atoms with E-state index in [1.54, 1.807) is 23.9 Å². The van der Waals surface area contributed by atoms with Crippen molar-refractivity contribution in [1.29, 1.82) is 0 Å². The molecule has 0 atom stereocenters. The third-order valence-electron chi connectivity index (χ3n) is 3.79. The molecule has 0 radical (unpaired) electrons. The summed E-state index contributed by atoms with van der Waals surface area (Å²) in [4.78, 5) is 11.7. The fraction of sp³-hybridized carbons (Fsp3) is 0. The van der Waals surface area contributed by atoms with Crippen LogP contribution in [0.1, 0.15) is 5.56 Å². The van der Waals surface area contributed by atoms with Crippen molar-refractivity contribution in [3.05, 3.63) is 72.0 Å². The van der Waals surface area contributed by atoms with Gasteiger partial charge in [-0.15, -0.1) is 11.3 Å². The van der Waals surface area contributed by atoms with Crippen LogP contribution in [0, 0.1) is 0 Å². The Kier molecular flexibility index (Phi) is 4.27. The summed E-state index contributed by atoms with van der Waals surface area (Å²) < 4.78 is 27.1. The van der Waals surface area contributed by atoms with Gasteiger partial charge in [0.15, 0.2) is 0 Å². The molecule has 6 nitrogen and oxygen atoms in total. The van der Waals surface area contributed by atoms with Gasteiger partial charge in [0.05, 0.1) is 22.3 Å². The topological polar surface area (TPSA) is 87.2 Å². The zero-order valence-electron chi connectivity index (χ0n) is 13.5. The van der Waals surface area contributed by atoms with Crippen LogP contribution >= 0.6 is 11.3 Å². The van der Waals surface area contributed by atoms with Crippen molar-refractivity contribution in [3.63, 3.8) is 0 Å². The predicted octanol–water partition coefficient (Wildman–Crippen LogP) is 4.18. The van der Waals surface area contributed by atoms with Crippen molar-refractivity contribution in [2.45, 2.75) is 4.90 Å². The molecule has 0 saturated carbocycles. The van der Waals surface area contributed by atoms with Gasteiger partial charge in [0.2, 0.25) is 0 Å². The third kappa shape index (κ3) is 3.37. The van der Waals surface area contributed by atoms with Crippen LogP contribution in [0.2, 0.25) is 0 Å². The molecule has 0 bridgehead atoms. The van der Waals surface area contributed by atoms with E-state index in [4.69, 9.17) is 0 Å². The van der Waals surface area contributed by atoms with Gasteiger partial charge < -0.3 is 4.98 Å². The highest BCUT2D eigenvalue weighted by Crippen LogP contribution is 2.22. The molecule has 0 aliphatic heterocycles. The standard InChI is InChI=1S/C18H14N4O2S2/c23-26(24,22-18-11-19-12-25-18)15-7-5-14(6-8-15)20-9-13-10-21-17-4-2-1-3-16(13)17/h1-12,21-22H. The summed E-state index contributed by atoms with van der Waals surface area (Å²) in [6.45, 7) is 0. The molecule has 0 unspecified atom stereocenters. The number of H-pyrrole nitrogens is 1. The molecular weight excluding hydrogens is 368 g/mol. The molecule has 0 fully saturated rings. The Bertz CT molecular complexity index is 1160. The first-order valence-electron chi connectivity index (χ1n) is 7.73. The molecule has 130 valence electrons. The molecule has 4 aromatic rings. The van der Waals surface area contributed by atoms with E-state index in [2.05, 4.69) is 19.7 Å². The molecule has 0 saturated heterocycles. The number of hydrogen-bond donors (Lipinski definition) is 2. The molecule has 0 amide bonds. The second-order valence-electron chi connectivity index (χ2n) is 5.51. The monoisotopic (exact) mass is 382 g/mol. The Labute approximate surface area is 154 Å². The Balaban J connectivity index is 1.54. The number of aliphatic imine (C=N–C) groups is 1. The number of nitrogens with zero attached hydrogens (tertiary/aromatic N) is 2. The molecule has 0 aliphatic rings. The van der Waals surface area contributed by atoms with Crippen LogP contribution in [0.15, 0.2) is 76.3 Å². The van der Waals surface area contributed by atoms with Crippen molar-refractivity contribution in [2.75, 3.05) is 4.72 Å². The first-order valence-corrected chi connectivity index (χ1v) is 10.1. The van der Waals surface area contributed by atoms with Crippen LogP contribution in [0.5, 0.6) is 0 Å². The van der Waals surface area contributed by atoms with Crippen molar-refractivity contribution < 1.29 is 8.42 Å². The maximum absolute atomic E-state index is 12.3. The summed E-state index contributed by atoms with van der Waals surface area (Å²) in [5.41, 5.74) is 4.26. The van der Waals surface area contributed by atoms with Gasteiger partial charge >= 0.3 is 0 Å². The molecule has 2 heterocycles. The number of aromatic amines is 1. The van der Waals surface area contributed by atoms with Gasteiger partial charge in [-0.1, -0.05) is 18.2 Å². The number of benzene rings is 2. The molecule has 0 aliphatic carbocycles. The van der Waals surface area contributed by atoms with Gasteiger partial charge in [-0.3, -0.25) is 14.7 Å². The van der Waals surface area contributed by atoms with Gasteiger partial charge in [0.25, 0.3) is 10.0 Å². The number of rotatable bonds is 5. The number of aromatic nitrogens is 2. The lowest BCUT2D eigenvalue weighted by Gasteiger charge is -2.05. The first-order chi connectivity index (χ1) is 12.6. The van der Waals surface area contributed by atoms with Crippen molar-refractivity contribution in [1.82, 2.24) is 9.97 Å². The molecule has 26 heavy (non-hydrogen) atoms.